The zero-order valence-electron chi connectivity index (χ0n) is 12.0. The van der Waals surface area contributed by atoms with Gasteiger partial charge in [-0.05, 0) is 45.2 Å². The van der Waals surface area contributed by atoms with E-state index in [4.69, 9.17) is 5.26 Å². The quantitative estimate of drug-likeness (QED) is 0.384. The summed E-state index contributed by atoms with van der Waals surface area (Å²) in [6.45, 7) is 8.44. The summed E-state index contributed by atoms with van der Waals surface area (Å²) in [4.78, 5) is 28.6. The van der Waals surface area contributed by atoms with Crippen molar-refractivity contribution in [1.82, 2.24) is 0 Å². The second kappa shape index (κ2) is 5.63. The summed E-state index contributed by atoms with van der Waals surface area (Å²) < 4.78 is 0. The molecule has 19 heavy (non-hydrogen) atoms. The first-order chi connectivity index (χ1) is 8.80. The zero-order valence-corrected chi connectivity index (χ0v) is 12.0. The van der Waals surface area contributed by atoms with Gasteiger partial charge in [0.15, 0.2) is 5.78 Å². The van der Waals surface area contributed by atoms with Gasteiger partial charge in [0.05, 0.1) is 0 Å². The molecule has 0 aromatic heterocycles. The molecular formula is C15H20O4. The summed E-state index contributed by atoms with van der Waals surface area (Å²) in [7, 11) is 0. The van der Waals surface area contributed by atoms with E-state index in [0.29, 0.717) is 5.56 Å². The lowest BCUT2D eigenvalue weighted by Crippen LogP contribution is -2.47. The normalized spacial score (nSPS) is 14.0. The highest BCUT2D eigenvalue weighted by molar-refractivity contribution is 6.18. The molecule has 104 valence electrons. The van der Waals surface area contributed by atoms with Gasteiger partial charge in [0.2, 0.25) is 11.4 Å². The van der Waals surface area contributed by atoms with Gasteiger partial charge < -0.3 is 0 Å². The van der Waals surface area contributed by atoms with Gasteiger partial charge in [-0.3, -0.25) is 14.8 Å². The molecule has 0 heterocycles. The highest BCUT2D eigenvalue weighted by atomic mass is 17.1. The van der Waals surface area contributed by atoms with Crippen LogP contribution in [0.3, 0.4) is 0 Å². The fourth-order valence-electron chi connectivity index (χ4n) is 2.48. The Morgan fingerprint density at radius 1 is 1.21 bits per heavy atom. The lowest BCUT2D eigenvalue weighted by atomic mass is 9.83. The van der Waals surface area contributed by atoms with E-state index in [-0.39, 0.29) is 6.42 Å². The smallest absolute Gasteiger partial charge is 0.222 e. The van der Waals surface area contributed by atoms with Crippen LogP contribution in [0, 0.1) is 20.8 Å². The van der Waals surface area contributed by atoms with E-state index in [9.17, 15) is 9.59 Å². The molecule has 1 unspecified atom stereocenters. The molecule has 0 aliphatic carbocycles. The van der Waals surface area contributed by atoms with Crippen LogP contribution in [-0.2, 0) is 9.68 Å². The van der Waals surface area contributed by atoms with Crippen molar-refractivity contribution in [3.8, 4) is 0 Å². The highest BCUT2D eigenvalue weighted by Gasteiger charge is 2.45. The molecule has 1 rings (SSSR count). The zero-order chi connectivity index (χ0) is 14.8. The minimum Gasteiger partial charge on any atom is -0.296 e. The Morgan fingerprint density at radius 2 is 1.68 bits per heavy atom. The molecule has 1 atom stereocenters. The number of aryl methyl sites for hydroxylation is 3. The molecule has 1 N–H and O–H groups in total. The number of rotatable bonds is 5. The van der Waals surface area contributed by atoms with Crippen molar-refractivity contribution in [2.24, 2.45) is 0 Å². The first kappa shape index (κ1) is 15.5. The number of benzene rings is 1. The Morgan fingerprint density at radius 3 is 2.00 bits per heavy atom. The minimum atomic E-state index is -1.80. The van der Waals surface area contributed by atoms with Gasteiger partial charge >= 0.3 is 0 Å². The topological polar surface area (TPSA) is 63.6 Å². The number of hydrogen-bond donors (Lipinski definition) is 1. The number of carbonyl (C=O) groups excluding carboxylic acids is 2. The molecule has 4 nitrogen and oxygen atoms in total. The molecule has 0 amide bonds. The maximum Gasteiger partial charge on any atom is 0.222 e. The Kier molecular flexibility index (Phi) is 4.61. The maximum absolute atomic E-state index is 12.6. The predicted molar refractivity (Wildman–Crippen MR) is 72.4 cm³/mol. The lowest BCUT2D eigenvalue weighted by Gasteiger charge is -2.26. The minimum absolute atomic E-state index is 0.0877. The molecule has 1 aromatic rings. The van der Waals surface area contributed by atoms with Crippen molar-refractivity contribution in [3.63, 3.8) is 0 Å². The van der Waals surface area contributed by atoms with Crippen LogP contribution in [0.5, 0.6) is 0 Å². The molecular weight excluding hydrogens is 244 g/mol. The molecule has 0 fully saturated rings. The Bertz CT molecular complexity index is 490. The van der Waals surface area contributed by atoms with Crippen LogP contribution in [0.25, 0.3) is 0 Å². The summed E-state index contributed by atoms with van der Waals surface area (Å²) in [6.07, 6.45) is 0.0877. The van der Waals surface area contributed by atoms with Crippen molar-refractivity contribution in [3.05, 3.63) is 34.4 Å². The monoisotopic (exact) mass is 264 g/mol. The summed E-state index contributed by atoms with van der Waals surface area (Å²) in [5.41, 5.74) is 1.24. The van der Waals surface area contributed by atoms with Gasteiger partial charge in [0, 0.05) is 5.56 Å². The van der Waals surface area contributed by atoms with Crippen LogP contribution < -0.4 is 0 Å². The number of ketones is 2. The fraction of sp³-hybridized carbons (Fsp3) is 0.467. The molecule has 1 aromatic carbocycles. The largest absolute Gasteiger partial charge is 0.296 e. The molecule has 0 saturated carbocycles. The van der Waals surface area contributed by atoms with Gasteiger partial charge in [0.25, 0.3) is 0 Å². The Balaban J connectivity index is 3.45. The third-order valence-electron chi connectivity index (χ3n) is 3.49. The van der Waals surface area contributed by atoms with Gasteiger partial charge in [-0.1, -0.05) is 24.6 Å². The summed E-state index contributed by atoms with van der Waals surface area (Å²) in [6, 6.07) is 3.75. The average molecular weight is 264 g/mol. The Hall–Kier alpha value is -1.52. The summed E-state index contributed by atoms with van der Waals surface area (Å²) >= 11 is 0. The standard InChI is InChI=1S/C15H20O4/c1-6-15(19-18,12(5)16)14(17)13-10(3)7-9(2)8-11(13)4/h7-8,18H,6H2,1-5H3. The SMILES string of the molecule is CCC(OO)(C(C)=O)C(=O)c1c(C)cc(C)cc1C. The van der Waals surface area contributed by atoms with Crippen LogP contribution in [0.4, 0.5) is 0 Å². The second-order valence-corrected chi connectivity index (χ2v) is 4.93. The van der Waals surface area contributed by atoms with E-state index < -0.39 is 17.2 Å². The molecule has 0 bridgehead atoms. The van der Waals surface area contributed by atoms with Crippen LogP contribution in [-0.4, -0.2) is 22.4 Å². The van der Waals surface area contributed by atoms with Gasteiger partial charge in [-0.15, -0.1) is 0 Å². The van der Waals surface area contributed by atoms with E-state index in [1.165, 1.54) is 6.92 Å². The van der Waals surface area contributed by atoms with Crippen molar-refractivity contribution in [2.45, 2.75) is 46.6 Å². The maximum atomic E-state index is 12.6. The van der Waals surface area contributed by atoms with Crippen molar-refractivity contribution < 1.29 is 19.7 Å². The molecule has 0 aliphatic heterocycles. The first-order valence-corrected chi connectivity index (χ1v) is 6.26. The summed E-state index contributed by atoms with van der Waals surface area (Å²) in [5.74, 6) is -0.984. The van der Waals surface area contributed by atoms with E-state index in [2.05, 4.69) is 4.89 Å². The van der Waals surface area contributed by atoms with Gasteiger partial charge in [-0.25, -0.2) is 4.89 Å². The molecule has 0 saturated heterocycles. The highest BCUT2D eigenvalue weighted by Crippen LogP contribution is 2.27. The van der Waals surface area contributed by atoms with Crippen LogP contribution in [0.15, 0.2) is 12.1 Å². The van der Waals surface area contributed by atoms with E-state index in [1.54, 1.807) is 6.92 Å². The fourth-order valence-corrected chi connectivity index (χ4v) is 2.48. The molecule has 4 heteroatoms. The van der Waals surface area contributed by atoms with Crippen LogP contribution in [0.2, 0.25) is 0 Å². The number of Topliss-reactive ketones (excluding diaryl/α,β-unsaturated/α-hetero) is 2. The van der Waals surface area contributed by atoms with Crippen molar-refractivity contribution in [1.29, 1.82) is 0 Å². The van der Waals surface area contributed by atoms with Crippen molar-refractivity contribution >= 4 is 11.6 Å². The summed E-state index contributed by atoms with van der Waals surface area (Å²) in [5, 5.41) is 9.07. The predicted octanol–water partition coefficient (Wildman–Crippen LogP) is 3.02. The number of carbonyl (C=O) groups is 2. The lowest BCUT2D eigenvalue weighted by molar-refractivity contribution is -0.294. The molecule has 0 spiro atoms. The number of hydrogen-bond acceptors (Lipinski definition) is 4. The van der Waals surface area contributed by atoms with E-state index in [1.807, 2.05) is 32.9 Å². The average Bonchev–Trinajstić information content (AvgIpc) is 2.29. The van der Waals surface area contributed by atoms with E-state index in [0.717, 1.165) is 16.7 Å². The Labute approximate surface area is 113 Å². The second-order valence-electron chi connectivity index (χ2n) is 4.93. The molecule has 0 aliphatic rings. The van der Waals surface area contributed by atoms with Crippen LogP contribution in [0.1, 0.15) is 47.3 Å². The van der Waals surface area contributed by atoms with Gasteiger partial charge in [-0.2, -0.15) is 0 Å². The van der Waals surface area contributed by atoms with Crippen molar-refractivity contribution in [2.75, 3.05) is 0 Å². The first-order valence-electron chi connectivity index (χ1n) is 6.26. The van der Waals surface area contributed by atoms with E-state index >= 15 is 0 Å². The van der Waals surface area contributed by atoms with Crippen LogP contribution >= 0.6 is 0 Å². The molecule has 0 radical (unpaired) electrons. The third kappa shape index (κ3) is 2.60. The third-order valence-corrected chi connectivity index (χ3v) is 3.49. The van der Waals surface area contributed by atoms with Gasteiger partial charge in [0.1, 0.15) is 0 Å².